The first kappa shape index (κ1) is 13.9. The molecule has 0 saturated heterocycles. The largest absolute Gasteiger partial charge is 0.321 e. The van der Waals surface area contributed by atoms with Gasteiger partial charge in [0.25, 0.3) is 5.91 Å². The number of carbonyl (C=O) groups excluding carboxylic acids is 2. The van der Waals surface area contributed by atoms with Crippen LogP contribution in [0.1, 0.15) is 24.8 Å². The molecule has 0 fully saturated rings. The third-order valence-electron chi connectivity index (χ3n) is 2.96. The van der Waals surface area contributed by atoms with Crippen LogP contribution in [0, 0.1) is 0 Å². The summed E-state index contributed by atoms with van der Waals surface area (Å²) >= 11 is 3.32. The van der Waals surface area contributed by atoms with Gasteiger partial charge in [0.05, 0.1) is 6.04 Å². The molecule has 100 valence electrons. The van der Waals surface area contributed by atoms with E-state index in [2.05, 4.69) is 26.2 Å². The predicted octanol–water partition coefficient (Wildman–Crippen LogP) is 1.32. The number of hydrogen-bond donors (Lipinski definition) is 2. The van der Waals surface area contributed by atoms with Gasteiger partial charge in [-0.05, 0) is 24.1 Å². The van der Waals surface area contributed by atoms with Gasteiger partial charge in [0.2, 0.25) is 5.91 Å². The molecule has 3 N–H and O–H groups in total. The van der Waals surface area contributed by atoms with E-state index >= 15 is 0 Å². The summed E-state index contributed by atoms with van der Waals surface area (Å²) in [5, 5.41) is 2.62. The molecule has 1 aromatic carbocycles. The predicted molar refractivity (Wildman–Crippen MR) is 75.7 cm³/mol. The molecule has 1 aliphatic heterocycles. The molecule has 0 aliphatic carbocycles. The average molecular weight is 324 g/mol. The molecule has 19 heavy (non-hydrogen) atoms. The van der Waals surface area contributed by atoms with Gasteiger partial charge < -0.3 is 11.1 Å². The van der Waals surface area contributed by atoms with Crippen molar-refractivity contribution in [3.8, 4) is 0 Å². The molecule has 0 spiro atoms. The number of amides is 2. The minimum absolute atomic E-state index is 0.253. The molecule has 2 rings (SSSR count). The molecule has 0 bridgehead atoms. The summed E-state index contributed by atoms with van der Waals surface area (Å²) in [4.78, 5) is 28.0. The Labute approximate surface area is 119 Å². The van der Waals surface area contributed by atoms with Gasteiger partial charge >= 0.3 is 0 Å². The van der Waals surface area contributed by atoms with Crippen LogP contribution in [-0.4, -0.2) is 23.7 Å². The second-order valence-corrected chi connectivity index (χ2v) is 5.24. The molecule has 2 amide bonds. The van der Waals surface area contributed by atoms with Crippen LogP contribution in [0.25, 0.3) is 0 Å². The van der Waals surface area contributed by atoms with Crippen LogP contribution in [0.3, 0.4) is 0 Å². The monoisotopic (exact) mass is 323 g/mol. The summed E-state index contributed by atoms with van der Waals surface area (Å²) in [6.45, 7) is 1.87. The van der Waals surface area contributed by atoms with Crippen molar-refractivity contribution in [2.24, 2.45) is 10.7 Å². The second kappa shape index (κ2) is 5.63. The van der Waals surface area contributed by atoms with Gasteiger partial charge in [-0.2, -0.15) is 4.99 Å². The molecule has 0 aromatic heterocycles. The van der Waals surface area contributed by atoms with E-state index in [0.717, 1.165) is 4.47 Å². The molecule has 1 aromatic rings. The third-order valence-corrected chi connectivity index (χ3v) is 3.46. The molecule has 5 nitrogen and oxygen atoms in total. The molecule has 0 radical (unpaired) electrons. The van der Waals surface area contributed by atoms with E-state index in [0.29, 0.717) is 12.0 Å². The Hall–Kier alpha value is -1.53. The number of aliphatic imine (C=N–C) groups is 1. The van der Waals surface area contributed by atoms with Crippen molar-refractivity contribution in [1.29, 1.82) is 0 Å². The third kappa shape index (κ3) is 2.90. The van der Waals surface area contributed by atoms with Crippen molar-refractivity contribution in [2.75, 3.05) is 0 Å². The quantitative estimate of drug-likeness (QED) is 0.823. The van der Waals surface area contributed by atoms with Crippen molar-refractivity contribution in [3.63, 3.8) is 0 Å². The summed E-state index contributed by atoms with van der Waals surface area (Å²) in [6.07, 6.45) is 0.605. The summed E-state index contributed by atoms with van der Waals surface area (Å²) in [7, 11) is 0. The normalized spacial score (nSPS) is 20.8. The number of hydrogen-bond acceptors (Lipinski definition) is 3. The molecule has 1 aliphatic rings. The van der Waals surface area contributed by atoms with Crippen molar-refractivity contribution in [2.45, 2.75) is 25.3 Å². The van der Waals surface area contributed by atoms with E-state index in [4.69, 9.17) is 5.73 Å². The fourth-order valence-electron chi connectivity index (χ4n) is 1.87. The van der Waals surface area contributed by atoms with Crippen LogP contribution in [0.4, 0.5) is 0 Å². The number of rotatable bonds is 3. The van der Waals surface area contributed by atoms with E-state index in [1.807, 2.05) is 13.0 Å². The van der Waals surface area contributed by atoms with Crippen LogP contribution in [-0.2, 0) is 9.59 Å². The first-order chi connectivity index (χ1) is 9.02. The van der Waals surface area contributed by atoms with Crippen LogP contribution in [0.2, 0.25) is 0 Å². The molecular formula is C13H14BrN3O2. The van der Waals surface area contributed by atoms with E-state index < -0.39 is 17.9 Å². The second-order valence-electron chi connectivity index (χ2n) is 4.33. The summed E-state index contributed by atoms with van der Waals surface area (Å²) in [5.41, 5.74) is 6.39. The Balaban J connectivity index is 2.33. The molecular weight excluding hydrogens is 310 g/mol. The Kier molecular flexibility index (Phi) is 4.11. The maximum atomic E-state index is 12.1. The van der Waals surface area contributed by atoms with Gasteiger partial charge in [-0.3, -0.25) is 9.59 Å². The Morgan fingerprint density at radius 1 is 1.47 bits per heavy atom. The van der Waals surface area contributed by atoms with Gasteiger partial charge in [0.15, 0.2) is 0 Å². The van der Waals surface area contributed by atoms with Crippen LogP contribution in [0.5, 0.6) is 0 Å². The van der Waals surface area contributed by atoms with Gasteiger partial charge in [-0.1, -0.05) is 35.0 Å². The number of halogens is 1. The lowest BCUT2D eigenvalue weighted by Gasteiger charge is -2.23. The summed E-state index contributed by atoms with van der Waals surface area (Å²) < 4.78 is 0.811. The molecule has 6 heteroatoms. The summed E-state index contributed by atoms with van der Waals surface area (Å²) in [6, 6.07) is 6.65. The van der Waals surface area contributed by atoms with Gasteiger partial charge in [0, 0.05) is 4.47 Å². The van der Waals surface area contributed by atoms with E-state index in [1.165, 1.54) is 0 Å². The zero-order valence-corrected chi connectivity index (χ0v) is 12.0. The average Bonchev–Trinajstić information content (AvgIpc) is 2.37. The zero-order valence-electron chi connectivity index (χ0n) is 10.4. The number of nitrogens with one attached hydrogen (secondary N) is 1. The smallest absolute Gasteiger partial charge is 0.264 e. The number of nitrogens with zero attached hydrogens (tertiary/aromatic N) is 1. The molecule has 2 atom stereocenters. The Morgan fingerprint density at radius 3 is 2.79 bits per heavy atom. The maximum absolute atomic E-state index is 12.1. The first-order valence-corrected chi connectivity index (χ1v) is 6.76. The van der Waals surface area contributed by atoms with Gasteiger partial charge in [-0.15, -0.1) is 0 Å². The van der Waals surface area contributed by atoms with E-state index in [1.54, 1.807) is 18.2 Å². The highest BCUT2D eigenvalue weighted by Gasteiger charge is 2.34. The Bertz CT molecular complexity index is 557. The van der Waals surface area contributed by atoms with Crippen LogP contribution >= 0.6 is 15.9 Å². The SMILES string of the molecule is CCC(N)C1=NC(=O)C(c2cccc(Br)c2)C(=O)N1. The first-order valence-electron chi connectivity index (χ1n) is 5.97. The molecule has 1 heterocycles. The van der Waals surface area contributed by atoms with Gasteiger partial charge in [0.1, 0.15) is 11.8 Å². The number of carbonyl (C=O) groups is 2. The van der Waals surface area contributed by atoms with Crippen molar-refractivity contribution in [3.05, 3.63) is 34.3 Å². The fourth-order valence-corrected chi connectivity index (χ4v) is 2.29. The number of benzene rings is 1. The maximum Gasteiger partial charge on any atom is 0.264 e. The highest BCUT2D eigenvalue weighted by atomic mass is 79.9. The lowest BCUT2D eigenvalue weighted by atomic mass is 9.96. The Morgan fingerprint density at radius 2 is 2.21 bits per heavy atom. The van der Waals surface area contributed by atoms with Crippen molar-refractivity contribution >= 4 is 33.6 Å². The van der Waals surface area contributed by atoms with Gasteiger partial charge in [-0.25, -0.2) is 0 Å². The lowest BCUT2D eigenvalue weighted by molar-refractivity contribution is -0.129. The number of amidine groups is 1. The van der Waals surface area contributed by atoms with E-state index in [-0.39, 0.29) is 11.7 Å². The van der Waals surface area contributed by atoms with Crippen LogP contribution in [0.15, 0.2) is 33.7 Å². The minimum atomic E-state index is -0.898. The molecule has 2 unspecified atom stereocenters. The highest BCUT2D eigenvalue weighted by Crippen LogP contribution is 2.23. The summed E-state index contributed by atoms with van der Waals surface area (Å²) in [5.74, 6) is -1.49. The van der Waals surface area contributed by atoms with Crippen molar-refractivity contribution in [1.82, 2.24) is 5.32 Å². The number of nitrogens with two attached hydrogens (primary N) is 1. The zero-order chi connectivity index (χ0) is 14.0. The minimum Gasteiger partial charge on any atom is -0.321 e. The topological polar surface area (TPSA) is 84.5 Å². The standard InChI is InChI=1S/C13H14BrN3O2/c1-2-9(15)11-16-12(18)10(13(19)17-11)7-4-3-5-8(14)6-7/h3-6,9-10H,2,15H2,1H3,(H,16,17,18,19). The van der Waals surface area contributed by atoms with Crippen molar-refractivity contribution < 1.29 is 9.59 Å². The molecule has 0 saturated carbocycles. The highest BCUT2D eigenvalue weighted by molar-refractivity contribution is 9.10. The fraction of sp³-hybridized carbons (Fsp3) is 0.308. The van der Waals surface area contributed by atoms with Crippen LogP contribution < -0.4 is 11.1 Å². The van der Waals surface area contributed by atoms with E-state index in [9.17, 15) is 9.59 Å². The lowest BCUT2D eigenvalue weighted by Crippen LogP contribution is -2.50.